The molecule has 0 fully saturated rings. The largest absolute Gasteiger partial charge is 0.396 e. The third kappa shape index (κ3) is 9.40. The Labute approximate surface area is 38.1 Å². The van der Waals surface area contributed by atoms with Crippen molar-refractivity contribution in [1.29, 1.82) is 0 Å². The van der Waals surface area contributed by atoms with Gasteiger partial charge >= 0.3 is 0 Å². The zero-order valence-electron chi connectivity index (χ0n) is 3.85. The van der Waals surface area contributed by atoms with E-state index in [1.807, 2.05) is 0 Å². The summed E-state index contributed by atoms with van der Waals surface area (Å²) in [5.41, 5.74) is 0. The number of hydrogen-bond acceptors (Lipinski definition) is 2. The van der Waals surface area contributed by atoms with Crippen molar-refractivity contribution in [3.63, 3.8) is 0 Å². The minimum absolute atomic E-state index is 0. The Hall–Kier alpha value is -0.340. The van der Waals surface area contributed by atoms with Crippen molar-refractivity contribution in [2.24, 2.45) is 0 Å². The van der Waals surface area contributed by atoms with Gasteiger partial charge < -0.3 is 11.3 Å². The highest BCUT2D eigenvalue weighted by Gasteiger charge is 1.62. The fourth-order valence-corrected chi connectivity index (χ4v) is 0.0913. The quantitative estimate of drug-likeness (QED) is 0.490. The number of hydrogen-bond donors (Lipinski definition) is 2. The number of rotatable bonds is 2. The van der Waals surface area contributed by atoms with E-state index in [4.69, 9.17) is 5.11 Å². The lowest BCUT2D eigenvalue weighted by atomic mass is 10.5. The van der Waals surface area contributed by atoms with Crippen molar-refractivity contribution in [2.45, 2.75) is 6.42 Å². The first-order valence-electron chi connectivity index (χ1n) is 1.63. The van der Waals surface area contributed by atoms with Gasteiger partial charge in [0.05, 0.1) is 0 Å². The van der Waals surface area contributed by atoms with E-state index in [0.717, 1.165) is 0 Å². The van der Waals surface area contributed by atoms with Crippen LogP contribution in [0.5, 0.6) is 0 Å². The van der Waals surface area contributed by atoms with E-state index in [0.29, 0.717) is 6.42 Å². The zero-order valence-corrected chi connectivity index (χ0v) is 3.85. The highest BCUT2D eigenvalue weighted by atomic mass is 16.2. The Balaban J connectivity index is 0. The summed E-state index contributed by atoms with van der Waals surface area (Å²) in [6.45, 7) is 3.62. The summed E-state index contributed by atoms with van der Waals surface area (Å²) in [7, 11) is 0. The van der Waals surface area contributed by atoms with E-state index in [1.165, 1.54) is 0 Å². The maximum absolute atomic E-state index is 8.00. The van der Waals surface area contributed by atoms with E-state index in [9.17, 15) is 0 Å². The Kier molecular flexibility index (Phi) is 13.5. The molecule has 38 valence electrons. The van der Waals surface area contributed by atoms with Crippen molar-refractivity contribution >= 4 is 0 Å². The van der Waals surface area contributed by atoms with Gasteiger partial charge in [-0.05, 0) is 6.42 Å². The van der Waals surface area contributed by atoms with Gasteiger partial charge in [0, 0.05) is 6.61 Å². The molecular formula is C4H11NO. The van der Waals surface area contributed by atoms with Crippen LogP contribution in [0.4, 0.5) is 0 Å². The van der Waals surface area contributed by atoms with E-state index in [-0.39, 0.29) is 12.8 Å². The molecule has 0 aliphatic carbocycles. The van der Waals surface area contributed by atoms with Crippen molar-refractivity contribution < 1.29 is 5.11 Å². The molecule has 0 spiro atoms. The molecule has 2 nitrogen and oxygen atoms in total. The second-order valence-electron chi connectivity index (χ2n) is 0.801. The predicted octanol–water partition coefficient (Wildman–Crippen LogP) is 0.717. The van der Waals surface area contributed by atoms with Crippen LogP contribution in [0.1, 0.15) is 6.42 Å². The summed E-state index contributed by atoms with van der Waals surface area (Å²) < 4.78 is 0. The lowest BCUT2D eigenvalue weighted by molar-refractivity contribution is 0.303. The van der Waals surface area contributed by atoms with Gasteiger partial charge in [-0.1, -0.05) is 6.08 Å². The van der Waals surface area contributed by atoms with Gasteiger partial charge in [-0.2, -0.15) is 0 Å². The zero-order chi connectivity index (χ0) is 4.12. The molecule has 0 aromatic carbocycles. The van der Waals surface area contributed by atoms with Crippen LogP contribution in [-0.2, 0) is 0 Å². The molecule has 0 atom stereocenters. The van der Waals surface area contributed by atoms with Crippen molar-refractivity contribution in [3.05, 3.63) is 12.7 Å². The van der Waals surface area contributed by atoms with Crippen LogP contribution in [0.2, 0.25) is 0 Å². The maximum atomic E-state index is 8.00. The average molecular weight is 89.1 g/mol. The van der Waals surface area contributed by atoms with Crippen molar-refractivity contribution in [2.75, 3.05) is 6.61 Å². The molecule has 0 heterocycles. The van der Waals surface area contributed by atoms with Crippen LogP contribution in [-0.4, -0.2) is 11.7 Å². The third-order valence-electron chi connectivity index (χ3n) is 0.333. The summed E-state index contributed by atoms with van der Waals surface area (Å²) in [6.07, 6.45) is 2.39. The van der Waals surface area contributed by atoms with Crippen LogP contribution in [0, 0.1) is 0 Å². The minimum Gasteiger partial charge on any atom is -0.396 e. The molecule has 0 aliphatic heterocycles. The van der Waals surface area contributed by atoms with Crippen molar-refractivity contribution in [1.82, 2.24) is 6.15 Å². The van der Waals surface area contributed by atoms with Gasteiger partial charge in [0.2, 0.25) is 0 Å². The van der Waals surface area contributed by atoms with Crippen LogP contribution in [0.3, 0.4) is 0 Å². The first kappa shape index (κ1) is 9.18. The maximum Gasteiger partial charge on any atom is 0.0465 e. The molecule has 0 aliphatic rings. The number of aliphatic hydroxyl groups is 1. The lowest BCUT2D eigenvalue weighted by Gasteiger charge is -1.73. The molecule has 0 saturated carbocycles. The summed E-state index contributed by atoms with van der Waals surface area (Å²) >= 11 is 0. The SMILES string of the molecule is C=CCCO.N. The van der Waals surface area contributed by atoms with Crippen molar-refractivity contribution in [3.8, 4) is 0 Å². The first-order valence-corrected chi connectivity index (χ1v) is 1.63. The van der Waals surface area contributed by atoms with Gasteiger partial charge in [0.15, 0.2) is 0 Å². The van der Waals surface area contributed by atoms with Gasteiger partial charge in [0.1, 0.15) is 0 Å². The molecule has 0 aromatic heterocycles. The molecule has 6 heavy (non-hydrogen) atoms. The molecular weight excluding hydrogens is 78.0 g/mol. The Morgan fingerprint density at radius 1 is 1.67 bits per heavy atom. The predicted molar refractivity (Wildman–Crippen MR) is 26.9 cm³/mol. The molecule has 0 saturated heterocycles. The van der Waals surface area contributed by atoms with Crippen LogP contribution in [0.15, 0.2) is 12.7 Å². The molecule has 0 aromatic rings. The van der Waals surface area contributed by atoms with E-state index >= 15 is 0 Å². The average Bonchev–Trinajstić information content (AvgIpc) is 1.41. The topological polar surface area (TPSA) is 55.2 Å². The highest BCUT2D eigenvalue weighted by Crippen LogP contribution is 1.69. The highest BCUT2D eigenvalue weighted by molar-refractivity contribution is 4.63. The molecule has 4 N–H and O–H groups in total. The molecule has 2 heteroatoms. The standard InChI is InChI=1S/C4H8O.H3N/c1-2-3-4-5;/h2,5H,1,3-4H2;1H3. The summed E-state index contributed by atoms with van der Waals surface area (Å²) in [5.74, 6) is 0. The van der Waals surface area contributed by atoms with E-state index in [1.54, 1.807) is 6.08 Å². The van der Waals surface area contributed by atoms with E-state index < -0.39 is 0 Å². The first-order chi connectivity index (χ1) is 2.41. The molecule has 0 radical (unpaired) electrons. The molecule has 0 unspecified atom stereocenters. The Morgan fingerprint density at radius 2 is 2.17 bits per heavy atom. The van der Waals surface area contributed by atoms with Crippen LogP contribution < -0.4 is 6.15 Å². The van der Waals surface area contributed by atoms with Gasteiger partial charge in [-0.15, -0.1) is 6.58 Å². The normalized spacial score (nSPS) is 6.17. The second kappa shape index (κ2) is 8.82. The van der Waals surface area contributed by atoms with Crippen LogP contribution >= 0.6 is 0 Å². The summed E-state index contributed by atoms with van der Waals surface area (Å²) in [5, 5.41) is 8.00. The molecule has 0 amide bonds. The third-order valence-corrected chi connectivity index (χ3v) is 0.333. The monoisotopic (exact) mass is 89.1 g/mol. The van der Waals surface area contributed by atoms with Gasteiger partial charge in [0.25, 0.3) is 0 Å². The lowest BCUT2D eigenvalue weighted by Crippen LogP contribution is -1.71. The second-order valence-corrected chi connectivity index (χ2v) is 0.801. The van der Waals surface area contributed by atoms with Gasteiger partial charge in [-0.3, -0.25) is 0 Å². The summed E-state index contributed by atoms with van der Waals surface area (Å²) in [4.78, 5) is 0. The Bertz CT molecular complexity index is 28.7. The number of aliphatic hydroxyl groups excluding tert-OH is 1. The minimum atomic E-state index is 0. The van der Waals surface area contributed by atoms with Crippen LogP contribution in [0.25, 0.3) is 0 Å². The molecule has 0 rings (SSSR count). The smallest absolute Gasteiger partial charge is 0.0465 e. The van der Waals surface area contributed by atoms with Gasteiger partial charge in [-0.25, -0.2) is 0 Å². The fraction of sp³-hybridized carbons (Fsp3) is 0.500. The Morgan fingerprint density at radius 3 is 2.17 bits per heavy atom. The molecule has 0 bridgehead atoms. The fourth-order valence-electron chi connectivity index (χ4n) is 0.0913. The summed E-state index contributed by atoms with van der Waals surface area (Å²) in [6, 6.07) is 0. The van der Waals surface area contributed by atoms with E-state index in [2.05, 4.69) is 6.58 Å².